The van der Waals surface area contributed by atoms with E-state index in [9.17, 15) is 14.0 Å². The largest absolute Gasteiger partial charge is 0.395 e. The molecule has 0 saturated carbocycles. The quantitative estimate of drug-likeness (QED) is 0.452. The number of hydrogen-bond donors (Lipinski definition) is 4. The number of carbonyl (C=O) groups is 2. The zero-order valence-electron chi connectivity index (χ0n) is 11.3. The van der Waals surface area contributed by atoms with E-state index >= 15 is 0 Å². The second kappa shape index (κ2) is 8.55. The lowest BCUT2D eigenvalue weighted by atomic mass is 10.1. The van der Waals surface area contributed by atoms with Gasteiger partial charge >= 0.3 is 6.03 Å². The molecule has 0 fully saturated rings. The lowest BCUT2D eigenvalue weighted by Gasteiger charge is -2.06. The van der Waals surface area contributed by atoms with Gasteiger partial charge in [0.1, 0.15) is 5.82 Å². The molecule has 0 heterocycles. The molecular weight excluding hydrogens is 277 g/mol. The first kappa shape index (κ1) is 16.5. The number of amides is 3. The molecule has 0 atom stereocenters. The highest BCUT2D eigenvalue weighted by Crippen LogP contribution is 2.10. The van der Waals surface area contributed by atoms with Crippen molar-refractivity contribution >= 4 is 11.9 Å². The summed E-state index contributed by atoms with van der Waals surface area (Å²) in [6.45, 7) is 0.217. The van der Waals surface area contributed by atoms with E-state index in [1.807, 2.05) is 0 Å². The molecule has 0 radical (unpaired) electrons. The van der Waals surface area contributed by atoms with Crippen molar-refractivity contribution in [2.24, 2.45) is 5.73 Å². The number of benzene rings is 1. The van der Waals surface area contributed by atoms with Gasteiger partial charge in [-0.15, -0.1) is 0 Å². The Morgan fingerprint density at radius 2 is 2.00 bits per heavy atom. The number of nitrogens with two attached hydrogens (primary N) is 1. The number of halogens is 1. The molecule has 3 amide bonds. The van der Waals surface area contributed by atoms with Gasteiger partial charge in [0.15, 0.2) is 0 Å². The minimum absolute atomic E-state index is 0.0611. The van der Waals surface area contributed by atoms with E-state index in [4.69, 9.17) is 10.8 Å². The summed E-state index contributed by atoms with van der Waals surface area (Å²) in [4.78, 5) is 22.3. The van der Waals surface area contributed by atoms with Crippen molar-refractivity contribution in [3.8, 4) is 11.8 Å². The highest BCUT2D eigenvalue weighted by molar-refractivity contribution is 5.94. The van der Waals surface area contributed by atoms with Crippen LogP contribution >= 0.6 is 0 Å². The molecule has 0 saturated heterocycles. The SMILES string of the molecule is NC(=O)NCCNC(=O)c1cc(C#CCCO)ccc1F. The maximum absolute atomic E-state index is 13.6. The van der Waals surface area contributed by atoms with Gasteiger partial charge in [0, 0.05) is 25.1 Å². The first-order chi connectivity index (χ1) is 10.0. The first-order valence-corrected chi connectivity index (χ1v) is 6.25. The van der Waals surface area contributed by atoms with Crippen molar-refractivity contribution in [2.75, 3.05) is 19.7 Å². The van der Waals surface area contributed by atoms with Gasteiger partial charge in [0.05, 0.1) is 12.2 Å². The van der Waals surface area contributed by atoms with Crippen LogP contribution in [0.4, 0.5) is 9.18 Å². The van der Waals surface area contributed by atoms with Crippen molar-refractivity contribution in [2.45, 2.75) is 6.42 Å². The van der Waals surface area contributed by atoms with Gasteiger partial charge in [-0.1, -0.05) is 11.8 Å². The Hall–Kier alpha value is -2.59. The van der Waals surface area contributed by atoms with E-state index < -0.39 is 17.8 Å². The maximum Gasteiger partial charge on any atom is 0.312 e. The zero-order chi connectivity index (χ0) is 15.7. The molecule has 0 aromatic heterocycles. The minimum Gasteiger partial charge on any atom is -0.395 e. The Bertz CT molecular complexity index is 579. The van der Waals surface area contributed by atoms with Gasteiger partial charge in [-0.25, -0.2) is 9.18 Å². The van der Waals surface area contributed by atoms with E-state index in [-0.39, 0.29) is 25.3 Å². The lowest BCUT2D eigenvalue weighted by molar-refractivity contribution is 0.0950. The van der Waals surface area contributed by atoms with Crippen LogP contribution in [0, 0.1) is 17.7 Å². The van der Waals surface area contributed by atoms with Crippen molar-refractivity contribution in [1.82, 2.24) is 10.6 Å². The number of carbonyl (C=O) groups excluding carboxylic acids is 2. The molecule has 0 unspecified atom stereocenters. The third kappa shape index (κ3) is 5.93. The Balaban J connectivity index is 2.68. The molecule has 112 valence electrons. The lowest BCUT2D eigenvalue weighted by Crippen LogP contribution is -2.37. The second-order valence-corrected chi connectivity index (χ2v) is 4.02. The highest BCUT2D eigenvalue weighted by atomic mass is 19.1. The standard InChI is InChI=1S/C14H16FN3O3/c15-12-5-4-10(3-1-2-8-19)9-11(12)13(20)17-6-7-18-14(16)21/h4-5,9,19H,2,6-8H2,(H,17,20)(H3,16,18,21). The van der Waals surface area contributed by atoms with Crippen molar-refractivity contribution < 1.29 is 19.1 Å². The summed E-state index contributed by atoms with van der Waals surface area (Å²) in [7, 11) is 0. The highest BCUT2D eigenvalue weighted by Gasteiger charge is 2.11. The van der Waals surface area contributed by atoms with Gasteiger partial charge < -0.3 is 21.5 Å². The molecule has 0 bridgehead atoms. The third-order valence-electron chi connectivity index (χ3n) is 2.39. The van der Waals surface area contributed by atoms with E-state index in [1.54, 1.807) is 0 Å². The molecule has 0 spiro atoms. The molecule has 5 N–H and O–H groups in total. The number of rotatable bonds is 5. The van der Waals surface area contributed by atoms with E-state index in [0.29, 0.717) is 12.0 Å². The molecule has 21 heavy (non-hydrogen) atoms. The van der Waals surface area contributed by atoms with Gasteiger partial charge in [0.25, 0.3) is 5.91 Å². The number of aliphatic hydroxyl groups is 1. The Labute approximate surface area is 121 Å². The van der Waals surface area contributed by atoms with Crippen LogP contribution < -0.4 is 16.4 Å². The average Bonchev–Trinajstić information content (AvgIpc) is 2.45. The predicted molar refractivity (Wildman–Crippen MR) is 74.9 cm³/mol. The number of primary amides is 1. The first-order valence-electron chi connectivity index (χ1n) is 6.25. The minimum atomic E-state index is -0.698. The molecule has 1 aromatic rings. The van der Waals surface area contributed by atoms with Gasteiger partial charge in [-0.2, -0.15) is 0 Å². The second-order valence-electron chi connectivity index (χ2n) is 4.02. The van der Waals surface area contributed by atoms with Crippen molar-refractivity contribution in [3.63, 3.8) is 0 Å². The van der Waals surface area contributed by atoms with Crippen LogP contribution in [0.3, 0.4) is 0 Å². The van der Waals surface area contributed by atoms with Gasteiger partial charge in [-0.3, -0.25) is 4.79 Å². The number of aliphatic hydroxyl groups excluding tert-OH is 1. The molecule has 6 nitrogen and oxygen atoms in total. The molecule has 0 aliphatic heterocycles. The number of urea groups is 1. The van der Waals surface area contributed by atoms with Crippen LogP contribution in [0.5, 0.6) is 0 Å². The Kier molecular flexibility index (Phi) is 6.71. The number of hydrogen-bond acceptors (Lipinski definition) is 3. The summed E-state index contributed by atoms with van der Waals surface area (Å²) in [5.74, 6) is 4.14. The van der Waals surface area contributed by atoms with Crippen LogP contribution in [-0.4, -0.2) is 36.7 Å². The predicted octanol–water partition coefficient (Wildman–Crippen LogP) is -0.0423. The summed E-state index contributed by atoms with van der Waals surface area (Å²) < 4.78 is 13.6. The fraction of sp³-hybridized carbons (Fsp3) is 0.286. The number of nitrogens with one attached hydrogen (secondary N) is 2. The Morgan fingerprint density at radius 1 is 1.29 bits per heavy atom. The Morgan fingerprint density at radius 3 is 2.67 bits per heavy atom. The van der Waals surface area contributed by atoms with Gasteiger partial charge in [0.2, 0.25) is 0 Å². The van der Waals surface area contributed by atoms with Crippen LogP contribution in [0.2, 0.25) is 0 Å². The van der Waals surface area contributed by atoms with Crippen LogP contribution in [0.25, 0.3) is 0 Å². The fourth-order valence-electron chi connectivity index (χ4n) is 1.45. The van der Waals surface area contributed by atoms with Crippen LogP contribution in [0.1, 0.15) is 22.3 Å². The molecule has 1 rings (SSSR count). The smallest absolute Gasteiger partial charge is 0.312 e. The summed E-state index contributed by atoms with van der Waals surface area (Å²) in [5.41, 5.74) is 5.21. The van der Waals surface area contributed by atoms with Crippen molar-refractivity contribution in [3.05, 3.63) is 35.1 Å². The third-order valence-corrected chi connectivity index (χ3v) is 2.39. The van der Waals surface area contributed by atoms with E-state index in [1.165, 1.54) is 12.1 Å². The molecular formula is C14H16FN3O3. The van der Waals surface area contributed by atoms with Gasteiger partial charge in [-0.05, 0) is 18.2 Å². The molecule has 1 aromatic carbocycles. The monoisotopic (exact) mass is 293 g/mol. The molecule has 0 aliphatic carbocycles. The van der Waals surface area contributed by atoms with Crippen LogP contribution in [-0.2, 0) is 0 Å². The van der Waals surface area contributed by atoms with E-state index in [0.717, 1.165) is 6.07 Å². The molecule has 0 aliphatic rings. The summed E-state index contributed by atoms with van der Waals surface area (Å²) in [6, 6.07) is 3.23. The summed E-state index contributed by atoms with van der Waals surface area (Å²) >= 11 is 0. The van der Waals surface area contributed by atoms with Crippen LogP contribution in [0.15, 0.2) is 18.2 Å². The normalized spacial score (nSPS) is 9.43. The summed E-state index contributed by atoms with van der Waals surface area (Å²) in [6.07, 6.45) is 0.303. The summed E-state index contributed by atoms with van der Waals surface area (Å²) in [5, 5.41) is 13.4. The zero-order valence-corrected chi connectivity index (χ0v) is 11.3. The van der Waals surface area contributed by atoms with Crippen molar-refractivity contribution in [1.29, 1.82) is 0 Å². The maximum atomic E-state index is 13.6. The van der Waals surface area contributed by atoms with E-state index in [2.05, 4.69) is 22.5 Å². The topological polar surface area (TPSA) is 104 Å². The average molecular weight is 293 g/mol. The fourth-order valence-corrected chi connectivity index (χ4v) is 1.45. The molecule has 7 heteroatoms.